The van der Waals surface area contributed by atoms with E-state index in [2.05, 4.69) is 0 Å². The number of ketones is 1. The highest BCUT2D eigenvalue weighted by molar-refractivity contribution is 5.95. The number of nitrogens with two attached hydrogens (primary N) is 1. The van der Waals surface area contributed by atoms with Crippen molar-refractivity contribution in [1.82, 2.24) is 4.90 Å². The molecular formula is C13H17FN2O2. The Morgan fingerprint density at radius 1 is 1.28 bits per heavy atom. The summed E-state index contributed by atoms with van der Waals surface area (Å²) in [6.45, 7) is 0.806. The average Bonchev–Trinajstić information content (AvgIpc) is 2.28. The molecule has 2 N–H and O–H groups in total. The molecule has 1 aromatic carbocycles. The first-order valence-corrected chi connectivity index (χ1v) is 5.74. The Morgan fingerprint density at radius 2 is 1.89 bits per heavy atom. The SMILES string of the molecule is CN(CCCC(=O)c1ccc(F)cc1)CC(N)=O. The highest BCUT2D eigenvalue weighted by Crippen LogP contribution is 2.07. The van der Waals surface area contributed by atoms with Crippen LogP contribution >= 0.6 is 0 Å². The van der Waals surface area contributed by atoms with Gasteiger partial charge in [0.2, 0.25) is 5.91 Å². The summed E-state index contributed by atoms with van der Waals surface area (Å²) in [5.74, 6) is -0.766. The number of likely N-dealkylation sites (N-methyl/N-ethyl adjacent to an activating group) is 1. The molecule has 0 aromatic heterocycles. The maximum absolute atomic E-state index is 12.7. The summed E-state index contributed by atoms with van der Waals surface area (Å²) < 4.78 is 12.7. The van der Waals surface area contributed by atoms with Crippen molar-refractivity contribution in [2.45, 2.75) is 12.8 Å². The van der Waals surface area contributed by atoms with Gasteiger partial charge in [0.1, 0.15) is 5.82 Å². The van der Waals surface area contributed by atoms with Gasteiger partial charge in [-0.15, -0.1) is 0 Å². The molecule has 0 bridgehead atoms. The molecule has 1 aromatic rings. The van der Waals surface area contributed by atoms with E-state index in [9.17, 15) is 14.0 Å². The minimum absolute atomic E-state index is 0.0255. The molecule has 0 saturated carbocycles. The number of carbonyl (C=O) groups is 2. The second-order valence-corrected chi connectivity index (χ2v) is 4.24. The molecule has 5 heteroatoms. The topological polar surface area (TPSA) is 63.4 Å². The van der Waals surface area contributed by atoms with E-state index >= 15 is 0 Å². The number of halogens is 1. The van der Waals surface area contributed by atoms with Crippen molar-refractivity contribution < 1.29 is 14.0 Å². The van der Waals surface area contributed by atoms with Crippen molar-refractivity contribution in [1.29, 1.82) is 0 Å². The monoisotopic (exact) mass is 252 g/mol. The van der Waals surface area contributed by atoms with Crippen molar-refractivity contribution >= 4 is 11.7 Å². The molecule has 1 rings (SSSR count). The maximum atomic E-state index is 12.7. The molecule has 0 fully saturated rings. The Hall–Kier alpha value is -1.75. The number of amides is 1. The van der Waals surface area contributed by atoms with Crippen LogP contribution in [0.25, 0.3) is 0 Å². The van der Waals surface area contributed by atoms with Gasteiger partial charge in [-0.1, -0.05) is 0 Å². The molecule has 98 valence electrons. The molecule has 0 aliphatic rings. The zero-order valence-corrected chi connectivity index (χ0v) is 10.4. The fourth-order valence-corrected chi connectivity index (χ4v) is 1.63. The van der Waals surface area contributed by atoms with Crippen molar-refractivity contribution in [2.24, 2.45) is 5.73 Å². The third-order valence-electron chi connectivity index (χ3n) is 2.54. The van der Waals surface area contributed by atoms with Crippen LogP contribution in [-0.2, 0) is 4.79 Å². The Labute approximate surface area is 106 Å². The fraction of sp³-hybridized carbons (Fsp3) is 0.385. The molecule has 0 heterocycles. The molecule has 1 amide bonds. The number of hydrogen-bond acceptors (Lipinski definition) is 3. The lowest BCUT2D eigenvalue weighted by Gasteiger charge is -2.13. The van der Waals surface area contributed by atoms with E-state index in [-0.39, 0.29) is 24.1 Å². The minimum atomic E-state index is -0.387. The second kappa shape index (κ2) is 6.86. The first kappa shape index (κ1) is 14.3. The molecular weight excluding hydrogens is 235 g/mol. The number of primary amides is 1. The number of hydrogen-bond donors (Lipinski definition) is 1. The normalized spacial score (nSPS) is 10.6. The number of nitrogens with zero attached hydrogens (tertiary/aromatic N) is 1. The molecule has 0 aliphatic carbocycles. The highest BCUT2D eigenvalue weighted by atomic mass is 19.1. The van der Waals surface area contributed by atoms with Gasteiger partial charge in [-0.2, -0.15) is 0 Å². The lowest BCUT2D eigenvalue weighted by atomic mass is 10.1. The molecule has 0 saturated heterocycles. The molecule has 0 unspecified atom stereocenters. The van der Waals surface area contributed by atoms with Crippen LogP contribution in [0.4, 0.5) is 4.39 Å². The van der Waals surface area contributed by atoms with E-state index in [0.29, 0.717) is 24.9 Å². The van der Waals surface area contributed by atoms with Gasteiger partial charge in [-0.3, -0.25) is 14.5 Å². The van der Waals surface area contributed by atoms with Crippen LogP contribution in [0.2, 0.25) is 0 Å². The third-order valence-corrected chi connectivity index (χ3v) is 2.54. The number of rotatable bonds is 7. The summed E-state index contributed by atoms with van der Waals surface area (Å²) >= 11 is 0. The van der Waals surface area contributed by atoms with Crippen LogP contribution in [0.3, 0.4) is 0 Å². The van der Waals surface area contributed by atoms with Crippen molar-refractivity contribution in [3.8, 4) is 0 Å². The Bertz CT molecular complexity index is 418. The average molecular weight is 252 g/mol. The summed E-state index contributed by atoms with van der Waals surface area (Å²) in [7, 11) is 1.77. The standard InChI is InChI=1S/C13H17FN2O2/c1-16(9-13(15)18)8-2-3-12(17)10-4-6-11(14)7-5-10/h4-7H,2-3,8-9H2,1H3,(H2,15,18). The predicted molar refractivity (Wildman–Crippen MR) is 66.7 cm³/mol. The van der Waals surface area contributed by atoms with E-state index in [4.69, 9.17) is 5.73 Å². The van der Waals surface area contributed by atoms with Crippen molar-refractivity contribution in [2.75, 3.05) is 20.1 Å². The predicted octanol–water partition coefficient (Wildman–Crippen LogP) is 1.21. The molecule has 0 atom stereocenters. The van der Waals surface area contributed by atoms with Gasteiger partial charge >= 0.3 is 0 Å². The van der Waals surface area contributed by atoms with Crippen LogP contribution in [0, 0.1) is 5.82 Å². The summed E-state index contributed by atoms with van der Waals surface area (Å²) in [4.78, 5) is 24.1. The van der Waals surface area contributed by atoms with Crippen molar-refractivity contribution in [3.05, 3.63) is 35.6 Å². The summed E-state index contributed by atoms with van der Waals surface area (Å²) in [6.07, 6.45) is 1.01. The minimum Gasteiger partial charge on any atom is -0.369 e. The van der Waals surface area contributed by atoms with Gasteiger partial charge in [0.25, 0.3) is 0 Å². The zero-order valence-electron chi connectivity index (χ0n) is 10.4. The summed E-state index contributed by atoms with van der Waals surface area (Å²) in [5, 5.41) is 0. The highest BCUT2D eigenvalue weighted by Gasteiger charge is 2.07. The van der Waals surface area contributed by atoms with Gasteiger partial charge in [0.15, 0.2) is 5.78 Å². The lowest BCUT2D eigenvalue weighted by Crippen LogP contribution is -2.31. The maximum Gasteiger partial charge on any atom is 0.231 e. The van der Waals surface area contributed by atoms with Crippen LogP contribution < -0.4 is 5.73 Å². The van der Waals surface area contributed by atoms with Crippen LogP contribution in [-0.4, -0.2) is 36.7 Å². The fourth-order valence-electron chi connectivity index (χ4n) is 1.63. The van der Waals surface area contributed by atoms with E-state index in [1.54, 1.807) is 11.9 Å². The lowest BCUT2D eigenvalue weighted by molar-refractivity contribution is -0.118. The largest absolute Gasteiger partial charge is 0.369 e. The first-order chi connectivity index (χ1) is 8.49. The third kappa shape index (κ3) is 5.05. The van der Waals surface area contributed by atoms with E-state index in [0.717, 1.165) is 0 Å². The van der Waals surface area contributed by atoms with Gasteiger partial charge in [-0.05, 0) is 44.3 Å². The molecule has 0 aliphatic heterocycles. The Kier molecular flexibility index (Phi) is 5.45. The second-order valence-electron chi connectivity index (χ2n) is 4.24. The number of benzene rings is 1. The van der Waals surface area contributed by atoms with E-state index in [1.165, 1.54) is 24.3 Å². The van der Waals surface area contributed by atoms with Gasteiger partial charge in [0, 0.05) is 12.0 Å². The van der Waals surface area contributed by atoms with Crippen LogP contribution in [0.5, 0.6) is 0 Å². The first-order valence-electron chi connectivity index (χ1n) is 5.74. The van der Waals surface area contributed by atoms with Gasteiger partial charge in [0.05, 0.1) is 6.54 Å². The molecule has 0 radical (unpaired) electrons. The summed E-state index contributed by atoms with van der Waals surface area (Å²) in [5.41, 5.74) is 5.56. The Balaban J connectivity index is 2.33. The number of carbonyl (C=O) groups excluding carboxylic acids is 2. The Morgan fingerprint density at radius 3 is 2.44 bits per heavy atom. The quantitative estimate of drug-likeness (QED) is 0.742. The molecule has 18 heavy (non-hydrogen) atoms. The van der Waals surface area contributed by atoms with E-state index in [1.807, 2.05) is 0 Å². The number of Topliss-reactive ketones (excluding diaryl/α,β-unsaturated/α-hetero) is 1. The van der Waals surface area contributed by atoms with Crippen LogP contribution in [0.1, 0.15) is 23.2 Å². The van der Waals surface area contributed by atoms with Crippen molar-refractivity contribution in [3.63, 3.8) is 0 Å². The van der Waals surface area contributed by atoms with E-state index < -0.39 is 0 Å². The smallest absolute Gasteiger partial charge is 0.231 e. The molecule has 4 nitrogen and oxygen atoms in total. The van der Waals surface area contributed by atoms with Gasteiger partial charge < -0.3 is 5.73 Å². The molecule has 0 spiro atoms. The summed E-state index contributed by atoms with van der Waals surface area (Å²) in [6, 6.07) is 5.49. The van der Waals surface area contributed by atoms with Crippen LogP contribution in [0.15, 0.2) is 24.3 Å². The zero-order chi connectivity index (χ0) is 13.5. The van der Waals surface area contributed by atoms with Gasteiger partial charge in [-0.25, -0.2) is 4.39 Å².